The fourth-order valence-corrected chi connectivity index (χ4v) is 1.62. The number of benzene rings is 1. The molecule has 0 aliphatic carbocycles. The Morgan fingerprint density at radius 2 is 2.19 bits per heavy atom. The molecule has 0 unspecified atom stereocenters. The zero-order chi connectivity index (χ0) is 12.0. The second-order valence-corrected chi connectivity index (χ2v) is 4.09. The molecule has 1 aromatic carbocycles. The van der Waals surface area contributed by atoms with Crippen molar-refractivity contribution < 1.29 is 9.84 Å². The van der Waals surface area contributed by atoms with Crippen molar-refractivity contribution in [2.45, 2.75) is 13.5 Å². The van der Waals surface area contributed by atoms with E-state index < -0.39 is 0 Å². The van der Waals surface area contributed by atoms with Crippen LogP contribution in [0.1, 0.15) is 12.5 Å². The van der Waals surface area contributed by atoms with Gasteiger partial charge < -0.3 is 9.84 Å². The first-order valence-electron chi connectivity index (χ1n) is 5.37. The lowest BCUT2D eigenvalue weighted by Crippen LogP contribution is -2.22. The Balaban J connectivity index is 2.49. The van der Waals surface area contributed by atoms with Crippen molar-refractivity contribution in [1.82, 2.24) is 4.90 Å². The summed E-state index contributed by atoms with van der Waals surface area (Å²) in [5.74, 6) is 0.174. The van der Waals surface area contributed by atoms with Crippen molar-refractivity contribution in [3.63, 3.8) is 0 Å². The summed E-state index contributed by atoms with van der Waals surface area (Å²) in [7, 11) is 1.99. The van der Waals surface area contributed by atoms with Gasteiger partial charge in [-0.2, -0.15) is 0 Å². The predicted molar refractivity (Wildman–Crippen MR) is 65.9 cm³/mol. The third kappa shape index (κ3) is 4.00. The van der Waals surface area contributed by atoms with Gasteiger partial charge in [0.05, 0.1) is 11.6 Å². The Morgan fingerprint density at radius 1 is 1.44 bits per heavy atom. The van der Waals surface area contributed by atoms with Gasteiger partial charge in [-0.15, -0.1) is 0 Å². The number of likely N-dealkylation sites (N-methyl/N-ethyl adjacent to an activating group) is 1. The number of rotatable bonds is 6. The van der Waals surface area contributed by atoms with Gasteiger partial charge in [-0.3, -0.25) is 4.90 Å². The zero-order valence-electron chi connectivity index (χ0n) is 9.74. The monoisotopic (exact) mass is 243 g/mol. The van der Waals surface area contributed by atoms with Gasteiger partial charge in [0.25, 0.3) is 0 Å². The Kier molecular flexibility index (Phi) is 5.60. The second-order valence-electron chi connectivity index (χ2n) is 3.68. The maximum absolute atomic E-state index is 9.73. The van der Waals surface area contributed by atoms with Crippen molar-refractivity contribution in [2.75, 3.05) is 26.8 Å². The van der Waals surface area contributed by atoms with Crippen LogP contribution >= 0.6 is 11.6 Å². The van der Waals surface area contributed by atoms with Crippen molar-refractivity contribution >= 4 is 11.6 Å². The van der Waals surface area contributed by atoms with Crippen LogP contribution < -0.4 is 0 Å². The summed E-state index contributed by atoms with van der Waals surface area (Å²) in [6, 6.07) is 5.40. The highest BCUT2D eigenvalue weighted by molar-refractivity contribution is 6.32. The predicted octanol–water partition coefficient (Wildman–Crippen LogP) is 2.51. The molecule has 1 N–H and O–H groups in total. The molecule has 3 nitrogen and oxygen atoms in total. The minimum Gasteiger partial charge on any atom is -0.506 e. The first kappa shape index (κ1) is 13.3. The molecule has 0 aliphatic rings. The summed E-state index contributed by atoms with van der Waals surface area (Å²) in [5.41, 5.74) is 0.839. The van der Waals surface area contributed by atoms with Crippen LogP contribution in [0.4, 0.5) is 0 Å². The van der Waals surface area contributed by atoms with Crippen molar-refractivity contribution in [3.05, 3.63) is 28.8 Å². The highest BCUT2D eigenvalue weighted by atomic mass is 35.5. The topological polar surface area (TPSA) is 32.7 Å². The summed E-state index contributed by atoms with van der Waals surface area (Å²) >= 11 is 5.83. The Morgan fingerprint density at radius 3 is 2.88 bits per heavy atom. The van der Waals surface area contributed by atoms with Crippen molar-refractivity contribution in [2.24, 2.45) is 0 Å². The number of hydrogen-bond donors (Lipinski definition) is 1. The van der Waals surface area contributed by atoms with E-state index in [0.29, 0.717) is 18.2 Å². The van der Waals surface area contributed by atoms with Crippen LogP contribution in [-0.4, -0.2) is 36.8 Å². The number of ether oxygens (including phenoxy) is 1. The maximum Gasteiger partial charge on any atom is 0.138 e. The van der Waals surface area contributed by atoms with Gasteiger partial charge in [0.15, 0.2) is 0 Å². The molecule has 0 saturated carbocycles. The Bertz CT molecular complexity index is 331. The fraction of sp³-hybridized carbons (Fsp3) is 0.500. The SMILES string of the molecule is CCOCCN(C)Cc1cccc(Cl)c1O. The molecule has 0 bridgehead atoms. The van der Waals surface area contributed by atoms with Crippen LogP contribution in [0.3, 0.4) is 0 Å². The molecule has 0 aliphatic heterocycles. The van der Waals surface area contributed by atoms with E-state index in [2.05, 4.69) is 4.90 Å². The normalized spacial score (nSPS) is 11.0. The highest BCUT2D eigenvalue weighted by Crippen LogP contribution is 2.27. The molecule has 4 heteroatoms. The molecular formula is C12H18ClNO2. The fourth-order valence-electron chi connectivity index (χ4n) is 1.42. The third-order valence-corrected chi connectivity index (χ3v) is 2.64. The zero-order valence-corrected chi connectivity index (χ0v) is 10.5. The number of halogens is 1. The quantitative estimate of drug-likeness (QED) is 0.780. The van der Waals surface area contributed by atoms with E-state index in [0.717, 1.165) is 18.7 Å². The Hall–Kier alpha value is -0.770. The van der Waals surface area contributed by atoms with E-state index >= 15 is 0 Å². The minimum absolute atomic E-state index is 0.174. The standard InChI is InChI=1S/C12H18ClNO2/c1-3-16-8-7-14(2)9-10-5-4-6-11(13)12(10)15/h4-6,15H,3,7-9H2,1-2H3. The first-order chi connectivity index (χ1) is 7.65. The minimum atomic E-state index is 0.174. The van der Waals surface area contributed by atoms with Crippen LogP contribution in [0.15, 0.2) is 18.2 Å². The molecule has 0 radical (unpaired) electrons. The van der Waals surface area contributed by atoms with E-state index in [4.69, 9.17) is 16.3 Å². The molecule has 0 atom stereocenters. The van der Waals surface area contributed by atoms with Gasteiger partial charge in [-0.25, -0.2) is 0 Å². The number of aromatic hydroxyl groups is 1. The molecular weight excluding hydrogens is 226 g/mol. The molecule has 0 fully saturated rings. The van der Waals surface area contributed by atoms with Gasteiger partial charge >= 0.3 is 0 Å². The summed E-state index contributed by atoms with van der Waals surface area (Å²) in [5, 5.41) is 10.1. The highest BCUT2D eigenvalue weighted by Gasteiger charge is 2.07. The largest absolute Gasteiger partial charge is 0.506 e. The van der Waals surface area contributed by atoms with Gasteiger partial charge in [0, 0.05) is 25.3 Å². The number of phenols is 1. The molecule has 0 heterocycles. The number of para-hydroxylation sites is 1. The van der Waals surface area contributed by atoms with Crippen molar-refractivity contribution in [1.29, 1.82) is 0 Å². The molecule has 0 amide bonds. The van der Waals surface area contributed by atoms with Crippen molar-refractivity contribution in [3.8, 4) is 5.75 Å². The average Bonchev–Trinajstić information content (AvgIpc) is 2.25. The lowest BCUT2D eigenvalue weighted by atomic mass is 10.2. The molecule has 16 heavy (non-hydrogen) atoms. The summed E-state index contributed by atoms with van der Waals surface area (Å²) in [6.45, 7) is 4.91. The summed E-state index contributed by atoms with van der Waals surface area (Å²) < 4.78 is 5.27. The maximum atomic E-state index is 9.73. The van der Waals surface area contributed by atoms with E-state index in [-0.39, 0.29) is 5.75 Å². The van der Waals surface area contributed by atoms with Crippen LogP contribution in [0.5, 0.6) is 5.75 Å². The van der Waals surface area contributed by atoms with Crippen LogP contribution in [0.25, 0.3) is 0 Å². The number of hydrogen-bond acceptors (Lipinski definition) is 3. The molecule has 0 spiro atoms. The summed E-state index contributed by atoms with van der Waals surface area (Å²) in [4.78, 5) is 2.08. The smallest absolute Gasteiger partial charge is 0.138 e. The van der Waals surface area contributed by atoms with Gasteiger partial charge in [0.1, 0.15) is 5.75 Å². The molecule has 1 rings (SSSR count). The van der Waals surface area contributed by atoms with E-state index in [1.165, 1.54) is 0 Å². The number of nitrogens with zero attached hydrogens (tertiary/aromatic N) is 1. The third-order valence-electron chi connectivity index (χ3n) is 2.33. The van der Waals surface area contributed by atoms with Crippen LogP contribution in [0.2, 0.25) is 5.02 Å². The first-order valence-corrected chi connectivity index (χ1v) is 5.75. The summed E-state index contributed by atoms with van der Waals surface area (Å²) in [6.07, 6.45) is 0. The number of phenolic OH excluding ortho intramolecular Hbond substituents is 1. The molecule has 0 aromatic heterocycles. The lowest BCUT2D eigenvalue weighted by Gasteiger charge is -2.17. The van der Waals surface area contributed by atoms with Gasteiger partial charge in [0.2, 0.25) is 0 Å². The van der Waals surface area contributed by atoms with E-state index in [1.807, 2.05) is 26.1 Å². The molecule has 1 aromatic rings. The van der Waals surface area contributed by atoms with Gasteiger partial charge in [-0.1, -0.05) is 23.7 Å². The Labute approximate surface area is 102 Å². The lowest BCUT2D eigenvalue weighted by molar-refractivity contribution is 0.120. The van der Waals surface area contributed by atoms with Crippen LogP contribution in [0, 0.1) is 0 Å². The van der Waals surface area contributed by atoms with Crippen LogP contribution in [-0.2, 0) is 11.3 Å². The second kappa shape index (κ2) is 6.74. The van der Waals surface area contributed by atoms with Gasteiger partial charge in [-0.05, 0) is 20.0 Å². The average molecular weight is 244 g/mol. The molecule has 90 valence electrons. The molecule has 0 saturated heterocycles. The van der Waals surface area contributed by atoms with E-state index in [9.17, 15) is 5.11 Å². The van der Waals surface area contributed by atoms with E-state index in [1.54, 1.807) is 6.07 Å².